The van der Waals surface area contributed by atoms with Crippen LogP contribution in [0.15, 0.2) is 60.8 Å². The van der Waals surface area contributed by atoms with Crippen LogP contribution in [0.3, 0.4) is 0 Å². The molecule has 0 saturated carbocycles. The molecule has 1 saturated heterocycles. The molecule has 0 bridgehead atoms. The summed E-state index contributed by atoms with van der Waals surface area (Å²) in [4.78, 5) is 98.3. The fourth-order valence-electron chi connectivity index (χ4n) is 6.56. The fourth-order valence-corrected chi connectivity index (χ4v) is 6.56. The summed E-state index contributed by atoms with van der Waals surface area (Å²) in [6.45, 7) is 11.8. The number of hydrogen-bond acceptors (Lipinski definition) is 7. The van der Waals surface area contributed by atoms with Crippen molar-refractivity contribution < 1.29 is 33.6 Å². The number of carbonyl (C=O) groups excluding carboxylic acids is 7. The van der Waals surface area contributed by atoms with Crippen LogP contribution in [0.4, 0.5) is 0 Å². The van der Waals surface area contributed by atoms with E-state index in [2.05, 4.69) is 42.2 Å². The third-order valence-electron chi connectivity index (χ3n) is 10.0. The van der Waals surface area contributed by atoms with Crippen molar-refractivity contribution in [3.63, 3.8) is 0 Å². The molecular weight excluding hydrogens is 716 g/mol. The van der Waals surface area contributed by atoms with Crippen LogP contribution in [-0.2, 0) is 40.0 Å². The Labute approximate surface area is 327 Å². The summed E-state index contributed by atoms with van der Waals surface area (Å²) < 4.78 is 0. The zero-order chi connectivity index (χ0) is 41.1. The molecule has 1 aliphatic heterocycles. The average molecular weight is 773 g/mol. The number of H-pyrrole nitrogens is 1. The van der Waals surface area contributed by atoms with Crippen molar-refractivity contribution in [2.45, 2.75) is 110 Å². The molecule has 1 fully saturated rings. The van der Waals surface area contributed by atoms with Gasteiger partial charge in [-0.3, -0.25) is 33.6 Å². The van der Waals surface area contributed by atoms with E-state index >= 15 is 0 Å². The zero-order valence-corrected chi connectivity index (χ0v) is 33.2. The van der Waals surface area contributed by atoms with Gasteiger partial charge in [-0.25, -0.2) is 0 Å². The average Bonchev–Trinajstić information content (AvgIpc) is 3.57. The van der Waals surface area contributed by atoms with E-state index in [0.717, 1.165) is 22.0 Å². The molecule has 1 aromatic heterocycles. The summed E-state index contributed by atoms with van der Waals surface area (Å²) >= 11 is 0. The Balaban J connectivity index is 1.65. The van der Waals surface area contributed by atoms with Gasteiger partial charge in [0.2, 0.25) is 41.4 Å². The van der Waals surface area contributed by atoms with E-state index in [4.69, 9.17) is 0 Å². The second-order valence-electron chi connectivity index (χ2n) is 15.2. The van der Waals surface area contributed by atoms with Crippen LogP contribution in [-0.4, -0.2) is 89.1 Å². The number of aromatic amines is 1. The second-order valence-corrected chi connectivity index (χ2v) is 15.2. The second kappa shape index (κ2) is 19.7. The Kier molecular flexibility index (Phi) is 15.2. The molecule has 15 heteroatoms. The first-order valence-electron chi connectivity index (χ1n) is 19.3. The van der Waals surface area contributed by atoms with Gasteiger partial charge in [0.25, 0.3) is 0 Å². The van der Waals surface area contributed by atoms with Crippen LogP contribution in [0.2, 0.25) is 0 Å². The summed E-state index contributed by atoms with van der Waals surface area (Å²) in [5.41, 5.74) is 2.39. The van der Waals surface area contributed by atoms with Crippen LogP contribution in [0.1, 0.15) is 78.4 Å². The molecule has 0 radical (unpaired) electrons. The van der Waals surface area contributed by atoms with Crippen molar-refractivity contribution in [3.8, 4) is 0 Å². The van der Waals surface area contributed by atoms with E-state index in [1.54, 1.807) is 40.8 Å². The first-order valence-corrected chi connectivity index (χ1v) is 19.3. The molecule has 302 valence electrons. The molecule has 3 aromatic rings. The molecule has 0 spiro atoms. The quantitative estimate of drug-likeness (QED) is 0.185. The Bertz CT molecular complexity index is 1880. The zero-order valence-electron chi connectivity index (χ0n) is 33.2. The minimum Gasteiger partial charge on any atom is -0.361 e. The predicted molar refractivity (Wildman–Crippen MR) is 212 cm³/mol. The minimum atomic E-state index is -1.18. The van der Waals surface area contributed by atoms with Crippen LogP contribution >= 0.6 is 0 Å². The van der Waals surface area contributed by atoms with Crippen LogP contribution in [0.25, 0.3) is 10.9 Å². The van der Waals surface area contributed by atoms with Gasteiger partial charge >= 0.3 is 0 Å². The lowest BCUT2D eigenvalue weighted by molar-refractivity contribution is -0.136. The monoisotopic (exact) mass is 772 g/mol. The standard InChI is InChI=1S/C41H56N8O7/c1-22(2)33-39(54)45-26(7)36(51)46-31(20-28-21-43-30-17-12-11-16-29(28)30)38(53)42-19-13-18-32(50)44-25(6)37(52)47-34(23(3)4)40(55)49-35(41(56)48-33)24(5)27-14-9-8-10-15-27/h8-12,14-17,21-26,31,33-35,43H,13,18-20H2,1-7H3,(H,42,53)(H,44,50)(H,45,54)(H,46,51)(H,47,52)(H,48,56)(H,49,55)/t24-,25+,26+,31+,33+,34+,35+/m0/s1. The maximum Gasteiger partial charge on any atom is 0.243 e. The number of hydrogen-bond donors (Lipinski definition) is 8. The third kappa shape index (κ3) is 11.4. The molecule has 8 N–H and O–H groups in total. The molecular formula is C41H56N8O7. The van der Waals surface area contributed by atoms with E-state index in [-0.39, 0.29) is 25.8 Å². The van der Waals surface area contributed by atoms with Gasteiger partial charge in [0.15, 0.2) is 0 Å². The van der Waals surface area contributed by atoms with Gasteiger partial charge in [0, 0.05) is 42.4 Å². The summed E-state index contributed by atoms with van der Waals surface area (Å²) in [6, 6.07) is 10.1. The summed E-state index contributed by atoms with van der Waals surface area (Å²) in [5.74, 6) is -5.48. The van der Waals surface area contributed by atoms with E-state index in [0.29, 0.717) is 0 Å². The lowest BCUT2D eigenvalue weighted by Gasteiger charge is -2.31. The number of para-hydroxylation sites is 1. The van der Waals surface area contributed by atoms with Gasteiger partial charge in [0.1, 0.15) is 36.3 Å². The van der Waals surface area contributed by atoms with Gasteiger partial charge < -0.3 is 42.2 Å². The highest BCUT2D eigenvalue weighted by Gasteiger charge is 2.36. The van der Waals surface area contributed by atoms with Crippen molar-refractivity contribution in [2.75, 3.05) is 6.54 Å². The van der Waals surface area contributed by atoms with E-state index in [1.165, 1.54) is 13.8 Å². The maximum atomic E-state index is 14.1. The normalized spacial score (nSPS) is 25.0. The summed E-state index contributed by atoms with van der Waals surface area (Å²) in [6.07, 6.45) is 2.13. The lowest BCUT2D eigenvalue weighted by Crippen LogP contribution is -2.61. The SMILES string of the molecule is CC(C)[C@H]1NC(=O)[C@@H](C)NC(=O)CCCNC(=O)[C@@H](Cc2c[nH]c3ccccc23)NC(=O)[C@@H](C)NC(=O)[C@@H](C(C)C)NC(=O)[C@@H]([C@@H](C)c2ccccc2)NC1=O. The molecule has 56 heavy (non-hydrogen) atoms. The van der Waals surface area contributed by atoms with E-state index in [1.807, 2.05) is 54.6 Å². The van der Waals surface area contributed by atoms with Gasteiger partial charge in [0.05, 0.1) is 0 Å². The van der Waals surface area contributed by atoms with Crippen molar-refractivity contribution in [1.29, 1.82) is 0 Å². The Morgan fingerprint density at radius 1 is 0.589 bits per heavy atom. The lowest BCUT2D eigenvalue weighted by atomic mass is 9.91. The number of carbonyl (C=O) groups is 7. The Hall–Kier alpha value is -5.73. The van der Waals surface area contributed by atoms with E-state index in [9.17, 15) is 33.6 Å². The van der Waals surface area contributed by atoms with Gasteiger partial charge in [-0.15, -0.1) is 0 Å². The largest absolute Gasteiger partial charge is 0.361 e. The highest BCUT2D eigenvalue weighted by molar-refractivity contribution is 5.97. The van der Waals surface area contributed by atoms with Crippen LogP contribution < -0.4 is 37.2 Å². The van der Waals surface area contributed by atoms with Crippen molar-refractivity contribution in [1.82, 2.24) is 42.2 Å². The Morgan fingerprint density at radius 2 is 1.12 bits per heavy atom. The highest BCUT2D eigenvalue weighted by atomic mass is 16.2. The molecule has 2 heterocycles. The first-order chi connectivity index (χ1) is 26.6. The fraction of sp³-hybridized carbons (Fsp3) is 0.488. The number of benzene rings is 2. The summed E-state index contributed by atoms with van der Waals surface area (Å²) in [7, 11) is 0. The van der Waals surface area contributed by atoms with Crippen LogP contribution in [0.5, 0.6) is 0 Å². The predicted octanol–water partition coefficient (Wildman–Crippen LogP) is 1.68. The number of aromatic nitrogens is 1. The Morgan fingerprint density at radius 3 is 1.79 bits per heavy atom. The molecule has 2 aromatic carbocycles. The number of fused-ring (bicyclic) bond motifs is 1. The van der Waals surface area contributed by atoms with Crippen LogP contribution in [0, 0.1) is 11.8 Å². The van der Waals surface area contributed by atoms with Crippen molar-refractivity contribution >= 4 is 52.3 Å². The van der Waals surface area contributed by atoms with Gasteiger partial charge in [-0.1, -0.05) is 83.1 Å². The molecule has 0 aliphatic carbocycles. The molecule has 1 aliphatic rings. The molecule has 7 atom stereocenters. The van der Waals surface area contributed by atoms with Gasteiger partial charge in [-0.05, 0) is 49.3 Å². The van der Waals surface area contributed by atoms with Crippen molar-refractivity contribution in [2.24, 2.45) is 11.8 Å². The van der Waals surface area contributed by atoms with Crippen molar-refractivity contribution in [3.05, 3.63) is 71.9 Å². The van der Waals surface area contributed by atoms with E-state index < -0.39 is 95.4 Å². The van der Waals surface area contributed by atoms with Gasteiger partial charge in [-0.2, -0.15) is 0 Å². The summed E-state index contributed by atoms with van der Waals surface area (Å²) in [5, 5.41) is 20.1. The molecule has 4 rings (SSSR count). The molecule has 15 nitrogen and oxygen atoms in total. The highest BCUT2D eigenvalue weighted by Crippen LogP contribution is 2.21. The number of rotatable bonds is 6. The number of amides is 7. The topological polar surface area (TPSA) is 219 Å². The maximum absolute atomic E-state index is 14.1. The number of nitrogens with one attached hydrogen (secondary N) is 8. The molecule has 0 unspecified atom stereocenters. The molecule has 7 amide bonds. The first kappa shape index (κ1) is 43.0. The smallest absolute Gasteiger partial charge is 0.243 e. The third-order valence-corrected chi connectivity index (χ3v) is 10.0. The minimum absolute atomic E-state index is 0.0142.